The van der Waals surface area contributed by atoms with E-state index in [1.807, 2.05) is 4.90 Å². The molecule has 0 atom stereocenters. The van der Waals surface area contributed by atoms with Crippen molar-refractivity contribution >= 4 is 27.3 Å². The van der Waals surface area contributed by atoms with Crippen LogP contribution < -0.4 is 4.90 Å². The molecule has 0 aliphatic carbocycles. The van der Waals surface area contributed by atoms with Gasteiger partial charge in [-0.1, -0.05) is 12.1 Å². The van der Waals surface area contributed by atoms with Crippen LogP contribution in [0, 0.1) is 15.9 Å². The first kappa shape index (κ1) is 17.8. The molecule has 8 heteroatoms. The van der Waals surface area contributed by atoms with E-state index in [-0.39, 0.29) is 17.6 Å². The summed E-state index contributed by atoms with van der Waals surface area (Å²) in [5.41, 5.74) is 1.49. The lowest BCUT2D eigenvalue weighted by Crippen LogP contribution is -2.37. The van der Waals surface area contributed by atoms with Gasteiger partial charge in [-0.3, -0.25) is 15.1 Å². The third-order valence-electron chi connectivity index (χ3n) is 4.21. The van der Waals surface area contributed by atoms with E-state index in [1.165, 1.54) is 18.3 Å². The number of benzene rings is 1. The molecular formula is C17H17BrFN3O3. The molecule has 132 valence electrons. The van der Waals surface area contributed by atoms with Crippen LogP contribution in [0.15, 0.2) is 41.1 Å². The molecule has 2 aromatic rings. The fourth-order valence-corrected chi connectivity index (χ4v) is 3.48. The molecule has 3 rings (SSSR count). The molecule has 1 fully saturated rings. The Hall–Kier alpha value is -2.06. The van der Waals surface area contributed by atoms with Gasteiger partial charge in [0, 0.05) is 19.3 Å². The van der Waals surface area contributed by atoms with Crippen LogP contribution >= 0.6 is 15.9 Å². The van der Waals surface area contributed by atoms with Crippen LogP contribution in [0.2, 0.25) is 0 Å². The van der Waals surface area contributed by atoms with Gasteiger partial charge in [0.25, 0.3) is 0 Å². The van der Waals surface area contributed by atoms with Gasteiger partial charge in [-0.2, -0.15) is 0 Å². The first-order valence-corrected chi connectivity index (χ1v) is 8.73. The zero-order chi connectivity index (χ0) is 17.8. The lowest BCUT2D eigenvalue weighted by Gasteiger charge is -2.33. The van der Waals surface area contributed by atoms with Crippen LogP contribution in [0.1, 0.15) is 18.4 Å². The summed E-state index contributed by atoms with van der Waals surface area (Å²) in [6.07, 6.45) is 4.47. The minimum atomic E-state index is -0.412. The molecular weight excluding hydrogens is 393 g/mol. The molecule has 1 saturated heterocycles. The third kappa shape index (κ3) is 4.32. The highest BCUT2D eigenvalue weighted by atomic mass is 79.9. The number of nitrogens with zero attached hydrogens (tertiary/aromatic N) is 3. The Morgan fingerprint density at radius 2 is 1.96 bits per heavy atom. The molecule has 0 unspecified atom stereocenters. The number of aromatic nitrogens is 1. The molecule has 1 aromatic heterocycles. The molecule has 0 saturated carbocycles. The number of nitro groups is 1. The predicted molar refractivity (Wildman–Crippen MR) is 95.0 cm³/mol. The van der Waals surface area contributed by atoms with Crippen molar-refractivity contribution < 1.29 is 14.1 Å². The highest BCUT2D eigenvalue weighted by molar-refractivity contribution is 9.10. The zero-order valence-electron chi connectivity index (χ0n) is 13.4. The van der Waals surface area contributed by atoms with E-state index < -0.39 is 4.92 Å². The van der Waals surface area contributed by atoms with Crippen molar-refractivity contribution in [1.82, 2.24) is 4.98 Å². The number of anilines is 1. The monoisotopic (exact) mass is 409 g/mol. The summed E-state index contributed by atoms with van der Waals surface area (Å²) >= 11 is 3.36. The quantitative estimate of drug-likeness (QED) is 0.549. The van der Waals surface area contributed by atoms with E-state index in [4.69, 9.17) is 4.74 Å². The summed E-state index contributed by atoms with van der Waals surface area (Å²) in [7, 11) is 0. The second kappa shape index (κ2) is 7.88. The first-order chi connectivity index (χ1) is 12.0. The van der Waals surface area contributed by atoms with Gasteiger partial charge >= 0.3 is 5.69 Å². The van der Waals surface area contributed by atoms with Gasteiger partial charge in [0.05, 0.1) is 22.1 Å². The van der Waals surface area contributed by atoms with E-state index in [1.54, 1.807) is 18.3 Å². The molecule has 2 heterocycles. The van der Waals surface area contributed by atoms with Gasteiger partial charge in [0.15, 0.2) is 0 Å². The highest BCUT2D eigenvalue weighted by Gasteiger charge is 2.27. The van der Waals surface area contributed by atoms with Crippen molar-refractivity contribution in [3.63, 3.8) is 0 Å². The molecule has 0 spiro atoms. The Bertz CT molecular complexity index is 749. The van der Waals surface area contributed by atoms with Gasteiger partial charge in [0.2, 0.25) is 0 Å². The summed E-state index contributed by atoms with van der Waals surface area (Å²) in [6, 6.07) is 6.26. The summed E-state index contributed by atoms with van der Waals surface area (Å²) in [6.45, 7) is 1.76. The van der Waals surface area contributed by atoms with E-state index in [9.17, 15) is 14.5 Å². The Balaban J connectivity index is 1.59. The van der Waals surface area contributed by atoms with Crippen LogP contribution in [0.4, 0.5) is 15.8 Å². The summed E-state index contributed by atoms with van der Waals surface area (Å²) in [5, 5.41) is 11.2. The number of halogens is 2. The van der Waals surface area contributed by atoms with Crippen LogP contribution in [-0.2, 0) is 11.3 Å². The summed E-state index contributed by atoms with van der Waals surface area (Å²) in [4.78, 5) is 16.7. The third-order valence-corrected chi connectivity index (χ3v) is 4.79. The number of piperidine rings is 1. The smallest absolute Gasteiger partial charge is 0.311 e. The lowest BCUT2D eigenvalue weighted by atomic mass is 10.1. The minimum absolute atomic E-state index is 0.0000514. The van der Waals surface area contributed by atoms with Gasteiger partial charge < -0.3 is 9.64 Å². The van der Waals surface area contributed by atoms with Crippen molar-refractivity contribution in [3.8, 4) is 0 Å². The minimum Gasteiger partial charge on any atom is -0.373 e. The zero-order valence-corrected chi connectivity index (χ0v) is 15.0. The van der Waals surface area contributed by atoms with Gasteiger partial charge in [-0.25, -0.2) is 4.39 Å². The summed E-state index contributed by atoms with van der Waals surface area (Å²) < 4.78 is 19.4. The van der Waals surface area contributed by atoms with E-state index in [0.717, 1.165) is 18.4 Å². The van der Waals surface area contributed by atoms with Crippen LogP contribution in [0.3, 0.4) is 0 Å². The van der Waals surface area contributed by atoms with Gasteiger partial charge in [0.1, 0.15) is 17.7 Å². The van der Waals surface area contributed by atoms with Gasteiger partial charge in [-0.15, -0.1) is 0 Å². The van der Waals surface area contributed by atoms with Crippen LogP contribution in [0.5, 0.6) is 0 Å². The van der Waals surface area contributed by atoms with Crippen LogP contribution in [-0.4, -0.2) is 29.1 Å². The maximum absolute atomic E-state index is 12.9. The topological polar surface area (TPSA) is 68.5 Å². The number of hydrogen-bond donors (Lipinski definition) is 0. The van der Waals surface area contributed by atoms with Crippen molar-refractivity contribution in [2.24, 2.45) is 0 Å². The molecule has 0 radical (unpaired) electrons. The number of rotatable bonds is 5. The molecule has 1 aliphatic rings. The molecule has 25 heavy (non-hydrogen) atoms. The maximum Gasteiger partial charge on any atom is 0.311 e. The SMILES string of the molecule is O=[N+]([O-])c1cncc(Br)c1N1CCC(OCc2ccc(F)cc2)CC1. The standard InChI is InChI=1S/C17H17BrFN3O3/c18-15-9-20-10-16(22(23)24)17(15)21-7-5-14(6-8-21)25-11-12-1-3-13(19)4-2-12/h1-4,9-10,14H,5-8,11H2. The molecule has 0 bridgehead atoms. The fraction of sp³-hybridized carbons (Fsp3) is 0.353. The number of ether oxygens (including phenoxy) is 1. The van der Waals surface area contributed by atoms with Crippen molar-refractivity contribution in [3.05, 3.63) is 62.6 Å². The normalized spacial score (nSPS) is 15.4. The van der Waals surface area contributed by atoms with Crippen molar-refractivity contribution in [2.75, 3.05) is 18.0 Å². The Morgan fingerprint density at radius 1 is 1.28 bits per heavy atom. The molecule has 1 aliphatic heterocycles. The Labute approximate surface area is 152 Å². The second-order valence-electron chi connectivity index (χ2n) is 5.87. The summed E-state index contributed by atoms with van der Waals surface area (Å²) in [5.74, 6) is -0.262. The fourth-order valence-electron chi connectivity index (χ4n) is 2.91. The highest BCUT2D eigenvalue weighted by Crippen LogP contribution is 2.36. The Kier molecular flexibility index (Phi) is 5.60. The lowest BCUT2D eigenvalue weighted by molar-refractivity contribution is -0.384. The van der Waals surface area contributed by atoms with Crippen molar-refractivity contribution in [1.29, 1.82) is 0 Å². The molecule has 1 aromatic carbocycles. The van der Waals surface area contributed by atoms with Crippen LogP contribution in [0.25, 0.3) is 0 Å². The number of hydrogen-bond acceptors (Lipinski definition) is 5. The van der Waals surface area contributed by atoms with E-state index >= 15 is 0 Å². The largest absolute Gasteiger partial charge is 0.373 e. The predicted octanol–water partition coefficient (Wildman–Crippen LogP) is 4.08. The second-order valence-corrected chi connectivity index (χ2v) is 6.72. The number of pyridine rings is 1. The molecule has 0 N–H and O–H groups in total. The maximum atomic E-state index is 12.9. The molecule has 0 amide bonds. The van der Waals surface area contributed by atoms with E-state index in [2.05, 4.69) is 20.9 Å². The average Bonchev–Trinajstić information content (AvgIpc) is 2.61. The van der Waals surface area contributed by atoms with Gasteiger partial charge in [-0.05, 0) is 46.5 Å². The average molecular weight is 410 g/mol. The Morgan fingerprint density at radius 3 is 2.60 bits per heavy atom. The first-order valence-electron chi connectivity index (χ1n) is 7.93. The molecule has 6 nitrogen and oxygen atoms in total. The van der Waals surface area contributed by atoms with Crippen molar-refractivity contribution in [2.45, 2.75) is 25.6 Å². The van der Waals surface area contributed by atoms with E-state index in [0.29, 0.717) is 29.9 Å².